The van der Waals surface area contributed by atoms with E-state index in [0.717, 1.165) is 51.2 Å². The third kappa shape index (κ3) is 3.57. The lowest BCUT2D eigenvalue weighted by molar-refractivity contribution is -0.130. The third-order valence-electron chi connectivity index (χ3n) is 5.19. The minimum atomic E-state index is 0.154. The molecule has 0 aromatic rings. The molecular weight excluding hydrogens is 266 g/mol. The molecule has 2 heterocycles. The van der Waals surface area contributed by atoms with Gasteiger partial charge in [0.1, 0.15) is 0 Å². The highest BCUT2D eigenvalue weighted by Gasteiger charge is 2.39. The number of amides is 2. The first-order chi connectivity index (χ1) is 10.1. The SMILES string of the molecule is CC(=O)N1CCC[C@H]1[C@H]1CCCN1CC(=O)NCC1CC1. The van der Waals surface area contributed by atoms with Crippen LogP contribution in [0.2, 0.25) is 0 Å². The molecular formula is C16H27N3O2. The molecule has 0 aromatic heterocycles. The van der Waals surface area contributed by atoms with E-state index in [1.807, 2.05) is 4.90 Å². The fourth-order valence-electron chi connectivity index (χ4n) is 3.89. The molecule has 5 nitrogen and oxygen atoms in total. The van der Waals surface area contributed by atoms with Gasteiger partial charge in [-0.1, -0.05) is 0 Å². The van der Waals surface area contributed by atoms with Gasteiger partial charge in [0.15, 0.2) is 0 Å². The van der Waals surface area contributed by atoms with E-state index >= 15 is 0 Å². The molecule has 0 spiro atoms. The average Bonchev–Trinajstić information content (AvgIpc) is 2.96. The Kier molecular flexibility index (Phi) is 4.48. The van der Waals surface area contributed by atoms with Gasteiger partial charge >= 0.3 is 0 Å². The number of hydrogen-bond donors (Lipinski definition) is 1. The van der Waals surface area contributed by atoms with Gasteiger partial charge in [-0.05, 0) is 51.0 Å². The number of carbonyl (C=O) groups excluding carboxylic acids is 2. The van der Waals surface area contributed by atoms with Crippen molar-refractivity contribution in [2.24, 2.45) is 5.92 Å². The Hall–Kier alpha value is -1.10. The van der Waals surface area contributed by atoms with E-state index in [-0.39, 0.29) is 11.8 Å². The fourth-order valence-corrected chi connectivity index (χ4v) is 3.89. The molecule has 2 amide bonds. The highest BCUT2D eigenvalue weighted by molar-refractivity contribution is 5.78. The van der Waals surface area contributed by atoms with Gasteiger partial charge in [0.2, 0.25) is 11.8 Å². The first-order valence-electron chi connectivity index (χ1n) is 8.43. The van der Waals surface area contributed by atoms with Gasteiger partial charge < -0.3 is 10.2 Å². The summed E-state index contributed by atoms with van der Waals surface area (Å²) in [6.45, 7) is 4.89. The molecule has 1 N–H and O–H groups in total. The highest BCUT2D eigenvalue weighted by Crippen LogP contribution is 2.30. The zero-order valence-corrected chi connectivity index (χ0v) is 13.0. The molecule has 0 aromatic carbocycles. The molecule has 0 bridgehead atoms. The van der Waals surface area contributed by atoms with Crippen LogP contribution in [0.25, 0.3) is 0 Å². The second-order valence-corrected chi connectivity index (χ2v) is 6.85. The van der Waals surface area contributed by atoms with Crippen molar-refractivity contribution in [3.63, 3.8) is 0 Å². The van der Waals surface area contributed by atoms with E-state index in [4.69, 9.17) is 0 Å². The van der Waals surface area contributed by atoms with Crippen molar-refractivity contribution in [2.45, 2.75) is 57.5 Å². The number of nitrogens with one attached hydrogen (secondary N) is 1. The summed E-state index contributed by atoms with van der Waals surface area (Å²) in [4.78, 5) is 28.1. The smallest absolute Gasteiger partial charge is 0.234 e. The summed E-state index contributed by atoms with van der Waals surface area (Å²) in [6.07, 6.45) is 6.98. The third-order valence-corrected chi connectivity index (χ3v) is 5.19. The van der Waals surface area contributed by atoms with Gasteiger partial charge in [-0.2, -0.15) is 0 Å². The Labute approximate surface area is 127 Å². The first-order valence-corrected chi connectivity index (χ1v) is 8.43. The zero-order valence-electron chi connectivity index (χ0n) is 13.0. The Bertz CT molecular complexity index is 408. The minimum Gasteiger partial charge on any atom is -0.355 e. The van der Waals surface area contributed by atoms with Crippen molar-refractivity contribution in [2.75, 3.05) is 26.2 Å². The molecule has 3 fully saturated rings. The molecule has 3 rings (SSSR count). The van der Waals surface area contributed by atoms with Crippen LogP contribution in [0.4, 0.5) is 0 Å². The van der Waals surface area contributed by atoms with Gasteiger partial charge in [0.25, 0.3) is 0 Å². The number of nitrogens with zero attached hydrogens (tertiary/aromatic N) is 2. The van der Waals surface area contributed by atoms with Crippen LogP contribution in [-0.2, 0) is 9.59 Å². The molecule has 21 heavy (non-hydrogen) atoms. The normalized spacial score (nSPS) is 29.9. The quantitative estimate of drug-likeness (QED) is 0.822. The molecule has 2 atom stereocenters. The van der Waals surface area contributed by atoms with Crippen molar-refractivity contribution in [1.29, 1.82) is 0 Å². The lowest BCUT2D eigenvalue weighted by atomic mass is 10.0. The number of likely N-dealkylation sites (tertiary alicyclic amines) is 2. The monoisotopic (exact) mass is 293 g/mol. The molecule has 3 aliphatic rings. The van der Waals surface area contributed by atoms with Gasteiger partial charge in [-0.15, -0.1) is 0 Å². The molecule has 1 saturated carbocycles. The topological polar surface area (TPSA) is 52.7 Å². The Morgan fingerprint density at radius 3 is 2.48 bits per heavy atom. The number of carbonyl (C=O) groups is 2. The van der Waals surface area contributed by atoms with Crippen molar-refractivity contribution < 1.29 is 9.59 Å². The van der Waals surface area contributed by atoms with Crippen LogP contribution in [0.15, 0.2) is 0 Å². The van der Waals surface area contributed by atoms with Crippen LogP contribution in [-0.4, -0.2) is 59.9 Å². The second-order valence-electron chi connectivity index (χ2n) is 6.85. The molecule has 1 aliphatic carbocycles. The van der Waals surface area contributed by atoms with Gasteiger partial charge in [0, 0.05) is 32.1 Å². The lowest BCUT2D eigenvalue weighted by Crippen LogP contribution is -2.50. The van der Waals surface area contributed by atoms with E-state index in [0.29, 0.717) is 18.6 Å². The maximum atomic E-state index is 12.1. The average molecular weight is 293 g/mol. The van der Waals surface area contributed by atoms with E-state index in [1.165, 1.54) is 12.8 Å². The summed E-state index contributed by atoms with van der Waals surface area (Å²) in [5.74, 6) is 1.06. The standard InChI is InChI=1S/C16H27N3O2/c1-12(20)19-9-3-5-15(19)14-4-2-8-18(14)11-16(21)17-10-13-6-7-13/h13-15H,2-11H2,1H3,(H,17,21)/t14-,15+/m1/s1. The number of rotatable bonds is 5. The summed E-state index contributed by atoms with van der Waals surface area (Å²) >= 11 is 0. The van der Waals surface area contributed by atoms with E-state index in [9.17, 15) is 9.59 Å². The molecule has 118 valence electrons. The van der Waals surface area contributed by atoms with E-state index in [2.05, 4.69) is 10.2 Å². The second kappa shape index (κ2) is 6.34. The van der Waals surface area contributed by atoms with Crippen molar-refractivity contribution in [1.82, 2.24) is 15.1 Å². The summed E-state index contributed by atoms with van der Waals surface area (Å²) in [5.41, 5.74) is 0. The maximum absolute atomic E-state index is 12.1. The highest BCUT2D eigenvalue weighted by atomic mass is 16.2. The predicted molar refractivity (Wildman–Crippen MR) is 80.7 cm³/mol. The van der Waals surface area contributed by atoms with Crippen LogP contribution >= 0.6 is 0 Å². The molecule has 2 saturated heterocycles. The summed E-state index contributed by atoms with van der Waals surface area (Å²) in [6, 6.07) is 0.698. The van der Waals surface area contributed by atoms with Crippen LogP contribution in [0.1, 0.15) is 45.4 Å². The predicted octanol–water partition coefficient (Wildman–Crippen LogP) is 0.988. The Balaban J connectivity index is 1.54. The van der Waals surface area contributed by atoms with Gasteiger partial charge in [-0.3, -0.25) is 14.5 Å². The summed E-state index contributed by atoms with van der Waals surface area (Å²) in [7, 11) is 0. The first kappa shape index (κ1) is 14.8. The van der Waals surface area contributed by atoms with Crippen LogP contribution in [0.3, 0.4) is 0 Å². The zero-order chi connectivity index (χ0) is 14.8. The Morgan fingerprint density at radius 2 is 1.76 bits per heavy atom. The van der Waals surface area contributed by atoms with Gasteiger partial charge in [-0.25, -0.2) is 0 Å². The molecule has 0 unspecified atom stereocenters. The lowest BCUT2D eigenvalue weighted by Gasteiger charge is -2.34. The molecule has 2 aliphatic heterocycles. The van der Waals surface area contributed by atoms with Crippen LogP contribution < -0.4 is 5.32 Å². The van der Waals surface area contributed by atoms with Crippen molar-refractivity contribution in [3.05, 3.63) is 0 Å². The van der Waals surface area contributed by atoms with Crippen LogP contribution in [0.5, 0.6) is 0 Å². The van der Waals surface area contributed by atoms with Crippen molar-refractivity contribution >= 4 is 11.8 Å². The van der Waals surface area contributed by atoms with E-state index < -0.39 is 0 Å². The maximum Gasteiger partial charge on any atom is 0.234 e. The molecule has 0 radical (unpaired) electrons. The van der Waals surface area contributed by atoms with Gasteiger partial charge in [0.05, 0.1) is 6.54 Å². The van der Waals surface area contributed by atoms with Crippen LogP contribution in [0, 0.1) is 5.92 Å². The summed E-state index contributed by atoms with van der Waals surface area (Å²) in [5, 5.41) is 3.06. The minimum absolute atomic E-state index is 0.154. The van der Waals surface area contributed by atoms with E-state index in [1.54, 1.807) is 6.92 Å². The Morgan fingerprint density at radius 1 is 1.05 bits per heavy atom. The number of hydrogen-bond acceptors (Lipinski definition) is 3. The largest absolute Gasteiger partial charge is 0.355 e. The van der Waals surface area contributed by atoms with Crippen molar-refractivity contribution in [3.8, 4) is 0 Å². The molecule has 5 heteroatoms. The fraction of sp³-hybridized carbons (Fsp3) is 0.875. The summed E-state index contributed by atoms with van der Waals surface area (Å²) < 4.78 is 0.